The molecule has 0 rings (SSSR count). The standard InChI is InChI=1S/C15H28N2O3/c1-6-9-12(4)16-15(19)13(5)17(10-7-2)11-14(18)20-8-3/h7,12-13H,2,6,8-11H2,1,3-5H3,(H,16,19). The van der Waals surface area contributed by atoms with Crippen molar-refractivity contribution in [3.05, 3.63) is 12.7 Å². The average Bonchev–Trinajstić information content (AvgIpc) is 2.37. The van der Waals surface area contributed by atoms with Crippen molar-refractivity contribution in [2.45, 2.75) is 52.6 Å². The predicted molar refractivity (Wildman–Crippen MR) is 80.4 cm³/mol. The zero-order chi connectivity index (χ0) is 15.5. The number of esters is 1. The van der Waals surface area contributed by atoms with Crippen LogP contribution >= 0.6 is 0 Å². The van der Waals surface area contributed by atoms with E-state index in [0.717, 1.165) is 12.8 Å². The first-order valence-corrected chi connectivity index (χ1v) is 7.27. The first-order valence-electron chi connectivity index (χ1n) is 7.27. The van der Waals surface area contributed by atoms with Gasteiger partial charge in [-0.05, 0) is 27.2 Å². The summed E-state index contributed by atoms with van der Waals surface area (Å²) in [6.45, 7) is 12.2. The molecule has 0 bridgehead atoms. The number of ether oxygens (including phenoxy) is 1. The van der Waals surface area contributed by atoms with Gasteiger partial charge < -0.3 is 10.1 Å². The summed E-state index contributed by atoms with van der Waals surface area (Å²) in [5.41, 5.74) is 0. The van der Waals surface area contributed by atoms with Crippen molar-refractivity contribution >= 4 is 11.9 Å². The van der Waals surface area contributed by atoms with Crippen molar-refractivity contribution in [1.29, 1.82) is 0 Å². The van der Waals surface area contributed by atoms with Gasteiger partial charge in [-0.3, -0.25) is 14.5 Å². The fourth-order valence-electron chi connectivity index (χ4n) is 1.93. The summed E-state index contributed by atoms with van der Waals surface area (Å²) >= 11 is 0. The molecule has 0 aliphatic rings. The molecule has 5 nitrogen and oxygen atoms in total. The van der Waals surface area contributed by atoms with E-state index >= 15 is 0 Å². The number of hydrogen-bond acceptors (Lipinski definition) is 4. The second kappa shape index (κ2) is 10.4. The lowest BCUT2D eigenvalue weighted by Crippen LogP contribution is -2.49. The topological polar surface area (TPSA) is 58.6 Å². The Hall–Kier alpha value is -1.36. The normalized spacial score (nSPS) is 13.7. The lowest BCUT2D eigenvalue weighted by molar-refractivity contribution is -0.145. The highest BCUT2D eigenvalue weighted by Crippen LogP contribution is 2.03. The molecule has 0 saturated carbocycles. The van der Waals surface area contributed by atoms with E-state index in [1.165, 1.54) is 0 Å². The fourth-order valence-corrected chi connectivity index (χ4v) is 1.93. The third-order valence-electron chi connectivity index (χ3n) is 3.04. The Labute approximate surface area is 122 Å². The maximum absolute atomic E-state index is 12.1. The summed E-state index contributed by atoms with van der Waals surface area (Å²) in [7, 11) is 0. The van der Waals surface area contributed by atoms with E-state index in [-0.39, 0.29) is 24.5 Å². The lowest BCUT2D eigenvalue weighted by atomic mass is 10.1. The molecular weight excluding hydrogens is 256 g/mol. The van der Waals surface area contributed by atoms with Crippen molar-refractivity contribution in [2.24, 2.45) is 0 Å². The minimum Gasteiger partial charge on any atom is -0.465 e. The molecule has 0 saturated heterocycles. The number of carbonyl (C=O) groups is 2. The highest BCUT2D eigenvalue weighted by Gasteiger charge is 2.23. The molecule has 1 N–H and O–H groups in total. The van der Waals surface area contributed by atoms with Gasteiger partial charge in [-0.2, -0.15) is 0 Å². The van der Waals surface area contributed by atoms with Gasteiger partial charge in [-0.25, -0.2) is 0 Å². The quantitative estimate of drug-likeness (QED) is 0.490. The van der Waals surface area contributed by atoms with E-state index in [1.54, 1.807) is 24.8 Å². The van der Waals surface area contributed by atoms with Gasteiger partial charge in [0.15, 0.2) is 0 Å². The molecular formula is C15H28N2O3. The molecule has 0 heterocycles. The second-order valence-electron chi connectivity index (χ2n) is 4.90. The van der Waals surface area contributed by atoms with Crippen LogP contribution in [0.3, 0.4) is 0 Å². The first kappa shape index (κ1) is 18.6. The Morgan fingerprint density at radius 3 is 2.50 bits per heavy atom. The van der Waals surface area contributed by atoms with Crippen LogP contribution in [0.1, 0.15) is 40.5 Å². The summed E-state index contributed by atoms with van der Waals surface area (Å²) in [6, 6.07) is -0.250. The van der Waals surface area contributed by atoms with Gasteiger partial charge in [0.2, 0.25) is 5.91 Å². The van der Waals surface area contributed by atoms with Crippen LogP contribution < -0.4 is 5.32 Å². The Kier molecular flexibility index (Phi) is 9.72. The molecule has 5 heteroatoms. The molecule has 0 aromatic heterocycles. The second-order valence-corrected chi connectivity index (χ2v) is 4.90. The van der Waals surface area contributed by atoms with Crippen LogP contribution in [0, 0.1) is 0 Å². The van der Waals surface area contributed by atoms with E-state index in [0.29, 0.717) is 13.2 Å². The molecule has 0 fully saturated rings. The van der Waals surface area contributed by atoms with E-state index < -0.39 is 6.04 Å². The van der Waals surface area contributed by atoms with Crippen LogP contribution in [0.4, 0.5) is 0 Å². The van der Waals surface area contributed by atoms with Gasteiger partial charge >= 0.3 is 5.97 Å². The summed E-state index contributed by atoms with van der Waals surface area (Å²) in [5.74, 6) is -0.396. The molecule has 116 valence electrons. The number of rotatable bonds is 10. The molecule has 1 amide bonds. The largest absolute Gasteiger partial charge is 0.465 e. The lowest BCUT2D eigenvalue weighted by Gasteiger charge is -2.27. The van der Waals surface area contributed by atoms with E-state index in [2.05, 4.69) is 18.8 Å². The minimum atomic E-state index is -0.392. The van der Waals surface area contributed by atoms with Gasteiger partial charge in [-0.1, -0.05) is 19.4 Å². The Bertz CT molecular complexity index is 318. The van der Waals surface area contributed by atoms with Crippen LogP contribution in [0.2, 0.25) is 0 Å². The van der Waals surface area contributed by atoms with Crippen molar-refractivity contribution in [1.82, 2.24) is 10.2 Å². The van der Waals surface area contributed by atoms with E-state index in [9.17, 15) is 9.59 Å². The van der Waals surface area contributed by atoms with E-state index in [4.69, 9.17) is 4.74 Å². The SMILES string of the molecule is C=CCN(CC(=O)OCC)C(C)C(=O)NC(C)CCC. The van der Waals surface area contributed by atoms with Crippen molar-refractivity contribution < 1.29 is 14.3 Å². The van der Waals surface area contributed by atoms with Crippen molar-refractivity contribution in [3.63, 3.8) is 0 Å². The van der Waals surface area contributed by atoms with Gasteiger partial charge in [-0.15, -0.1) is 6.58 Å². The maximum Gasteiger partial charge on any atom is 0.320 e. The van der Waals surface area contributed by atoms with Gasteiger partial charge in [0, 0.05) is 12.6 Å². The summed E-state index contributed by atoms with van der Waals surface area (Å²) in [4.78, 5) is 25.4. The molecule has 0 aromatic rings. The molecule has 20 heavy (non-hydrogen) atoms. The van der Waals surface area contributed by atoms with E-state index in [1.807, 2.05) is 6.92 Å². The maximum atomic E-state index is 12.1. The third-order valence-corrected chi connectivity index (χ3v) is 3.04. The first-order chi connectivity index (χ1) is 9.46. The number of hydrogen-bond donors (Lipinski definition) is 1. The number of amides is 1. The average molecular weight is 284 g/mol. The highest BCUT2D eigenvalue weighted by molar-refractivity contribution is 5.82. The summed E-state index contributed by atoms with van der Waals surface area (Å²) < 4.78 is 4.92. The Morgan fingerprint density at radius 1 is 1.35 bits per heavy atom. The smallest absolute Gasteiger partial charge is 0.320 e. The molecule has 0 aliphatic heterocycles. The van der Waals surface area contributed by atoms with Crippen LogP contribution in [0.5, 0.6) is 0 Å². The summed E-state index contributed by atoms with van der Waals surface area (Å²) in [6.07, 6.45) is 3.64. The highest BCUT2D eigenvalue weighted by atomic mass is 16.5. The van der Waals surface area contributed by atoms with Crippen molar-refractivity contribution in [2.75, 3.05) is 19.7 Å². The molecule has 0 aliphatic carbocycles. The number of carbonyl (C=O) groups excluding carboxylic acids is 2. The Morgan fingerprint density at radius 2 is 2.00 bits per heavy atom. The Balaban J connectivity index is 4.53. The van der Waals surface area contributed by atoms with Gasteiger partial charge in [0.1, 0.15) is 0 Å². The minimum absolute atomic E-state index is 0.0721. The van der Waals surface area contributed by atoms with Crippen molar-refractivity contribution in [3.8, 4) is 0 Å². The third kappa shape index (κ3) is 7.28. The predicted octanol–water partition coefficient (Wildman–Crippen LogP) is 1.73. The zero-order valence-corrected chi connectivity index (χ0v) is 13.1. The molecule has 2 unspecified atom stereocenters. The van der Waals surface area contributed by atoms with Crippen LogP contribution in [0.25, 0.3) is 0 Å². The molecule has 0 radical (unpaired) electrons. The number of nitrogens with zero attached hydrogens (tertiary/aromatic N) is 1. The number of nitrogens with one attached hydrogen (secondary N) is 1. The molecule has 0 spiro atoms. The monoisotopic (exact) mass is 284 g/mol. The fraction of sp³-hybridized carbons (Fsp3) is 0.733. The van der Waals surface area contributed by atoms with Crippen LogP contribution in [-0.4, -0.2) is 48.6 Å². The molecule has 0 aromatic carbocycles. The summed E-state index contributed by atoms with van der Waals surface area (Å²) in [5, 5.41) is 2.96. The molecule has 2 atom stereocenters. The van der Waals surface area contributed by atoms with Crippen LogP contribution in [-0.2, 0) is 14.3 Å². The van der Waals surface area contributed by atoms with Gasteiger partial charge in [0.25, 0.3) is 0 Å². The van der Waals surface area contributed by atoms with Crippen LogP contribution in [0.15, 0.2) is 12.7 Å². The zero-order valence-electron chi connectivity index (χ0n) is 13.1. The van der Waals surface area contributed by atoms with Gasteiger partial charge in [0.05, 0.1) is 19.2 Å².